The van der Waals surface area contributed by atoms with Crippen molar-refractivity contribution < 1.29 is 20.1 Å². The number of hydrogen-bond acceptors (Lipinski definition) is 7. The predicted molar refractivity (Wildman–Crippen MR) is 93.5 cm³/mol. The molecule has 0 unspecified atom stereocenters. The summed E-state index contributed by atoms with van der Waals surface area (Å²) in [6.45, 7) is 3.50. The number of fused-ring (bicyclic) bond motifs is 1. The van der Waals surface area contributed by atoms with Crippen LogP contribution in [0.2, 0.25) is 0 Å². The number of nitrogens with zero attached hydrogens (tertiary/aromatic N) is 3. The Hall–Kier alpha value is -1.81. The zero-order valence-electron chi connectivity index (χ0n) is 15.1. The van der Waals surface area contributed by atoms with Crippen molar-refractivity contribution in [3.05, 3.63) is 23.0 Å². The Morgan fingerprint density at radius 3 is 2.73 bits per heavy atom. The first kappa shape index (κ1) is 19.0. The summed E-state index contributed by atoms with van der Waals surface area (Å²) in [5, 5.41) is 32.0. The topological polar surface area (TPSA) is 133 Å². The van der Waals surface area contributed by atoms with E-state index in [1.165, 1.54) is 17.2 Å². The van der Waals surface area contributed by atoms with E-state index < -0.39 is 35.7 Å². The first-order chi connectivity index (χ1) is 12.4. The summed E-state index contributed by atoms with van der Waals surface area (Å²) in [5.41, 5.74) is -3.02. The second kappa shape index (κ2) is 7.07. The van der Waals surface area contributed by atoms with E-state index in [0.717, 1.165) is 6.42 Å². The maximum Gasteiger partial charge on any atom is 0.278 e. The third-order valence-electron chi connectivity index (χ3n) is 5.27. The van der Waals surface area contributed by atoms with E-state index in [1.807, 2.05) is 13.8 Å². The molecule has 26 heavy (non-hydrogen) atoms. The minimum Gasteiger partial charge on any atom is -0.394 e. The first-order valence-corrected chi connectivity index (χ1v) is 9.05. The zero-order chi connectivity index (χ0) is 18.9. The van der Waals surface area contributed by atoms with Crippen molar-refractivity contribution in [2.75, 3.05) is 6.61 Å². The van der Waals surface area contributed by atoms with Crippen molar-refractivity contribution in [1.29, 1.82) is 0 Å². The predicted octanol–water partition coefficient (Wildman–Crippen LogP) is 0.246. The standard InChI is InChI=1S/C17H26N4O5/c1-3-5-7-16(25)13(23)11(8-22)26-17(16,6-4-2)21-10-20-12-14(21)18-9-19-15(12)24/h9-11,13,22-23,25H,3-8H2,1-2H3,(H,18,19,24)/t11-,13-,16-,17-/m1/s1. The molecule has 2 aromatic heterocycles. The van der Waals surface area contributed by atoms with Gasteiger partial charge in [0, 0.05) is 0 Å². The van der Waals surface area contributed by atoms with Crippen LogP contribution in [0.1, 0.15) is 46.0 Å². The van der Waals surface area contributed by atoms with Crippen LogP contribution >= 0.6 is 0 Å². The van der Waals surface area contributed by atoms with E-state index in [4.69, 9.17) is 4.74 Å². The van der Waals surface area contributed by atoms with E-state index in [2.05, 4.69) is 15.0 Å². The number of aromatic nitrogens is 4. The number of H-pyrrole nitrogens is 1. The third-order valence-corrected chi connectivity index (χ3v) is 5.27. The Morgan fingerprint density at radius 2 is 2.08 bits per heavy atom. The van der Waals surface area contributed by atoms with Crippen LogP contribution in [0.4, 0.5) is 0 Å². The van der Waals surface area contributed by atoms with Gasteiger partial charge in [0.25, 0.3) is 5.56 Å². The van der Waals surface area contributed by atoms with E-state index in [0.29, 0.717) is 19.3 Å². The summed E-state index contributed by atoms with van der Waals surface area (Å²) < 4.78 is 7.61. The van der Waals surface area contributed by atoms with Gasteiger partial charge in [-0.25, -0.2) is 9.97 Å². The summed E-state index contributed by atoms with van der Waals surface area (Å²) in [5.74, 6) is 0. The minimum absolute atomic E-state index is 0.131. The van der Waals surface area contributed by atoms with E-state index >= 15 is 0 Å². The van der Waals surface area contributed by atoms with Crippen LogP contribution in [0, 0.1) is 0 Å². The van der Waals surface area contributed by atoms with E-state index in [-0.39, 0.29) is 17.6 Å². The van der Waals surface area contributed by atoms with Crippen LogP contribution in [-0.2, 0) is 10.5 Å². The van der Waals surface area contributed by atoms with Gasteiger partial charge in [-0.1, -0.05) is 33.1 Å². The second-order valence-corrected chi connectivity index (χ2v) is 6.86. The smallest absolute Gasteiger partial charge is 0.278 e. The zero-order valence-corrected chi connectivity index (χ0v) is 15.1. The summed E-state index contributed by atoms with van der Waals surface area (Å²) in [7, 11) is 0. The number of hydrogen-bond donors (Lipinski definition) is 4. The molecular weight excluding hydrogens is 340 g/mol. The number of imidazole rings is 1. The number of ether oxygens (including phenoxy) is 1. The van der Waals surface area contributed by atoms with Crippen LogP contribution in [0.15, 0.2) is 17.4 Å². The molecule has 0 aliphatic carbocycles. The van der Waals surface area contributed by atoms with Gasteiger partial charge < -0.3 is 25.0 Å². The molecule has 1 aliphatic rings. The van der Waals surface area contributed by atoms with Gasteiger partial charge in [-0.05, 0) is 12.8 Å². The Balaban J connectivity index is 2.24. The molecule has 0 radical (unpaired) electrons. The fourth-order valence-electron chi connectivity index (χ4n) is 3.99. The van der Waals surface area contributed by atoms with Crippen LogP contribution < -0.4 is 5.56 Å². The van der Waals surface area contributed by atoms with Crippen LogP contribution in [0.25, 0.3) is 11.2 Å². The van der Waals surface area contributed by atoms with E-state index in [9.17, 15) is 20.1 Å². The van der Waals surface area contributed by atoms with Gasteiger partial charge in [0.05, 0.1) is 19.3 Å². The molecule has 0 aromatic carbocycles. The molecule has 1 saturated heterocycles. The summed E-state index contributed by atoms with van der Waals surface area (Å²) in [4.78, 5) is 22.8. The molecule has 3 heterocycles. The Kier molecular flexibility index (Phi) is 5.16. The van der Waals surface area contributed by atoms with Crippen LogP contribution in [0.3, 0.4) is 0 Å². The molecule has 144 valence electrons. The maximum atomic E-state index is 12.0. The Morgan fingerprint density at radius 1 is 1.31 bits per heavy atom. The van der Waals surface area contributed by atoms with Gasteiger partial charge in [-0.3, -0.25) is 9.36 Å². The van der Waals surface area contributed by atoms with Crippen molar-refractivity contribution in [1.82, 2.24) is 19.5 Å². The van der Waals surface area contributed by atoms with Gasteiger partial charge in [-0.15, -0.1) is 0 Å². The van der Waals surface area contributed by atoms with Crippen molar-refractivity contribution in [2.45, 2.75) is 69.5 Å². The number of nitrogens with one attached hydrogen (secondary N) is 1. The minimum atomic E-state index is -1.65. The fourth-order valence-corrected chi connectivity index (χ4v) is 3.99. The number of unbranched alkanes of at least 4 members (excludes halogenated alkanes) is 1. The Labute approximate surface area is 150 Å². The average molecular weight is 366 g/mol. The lowest BCUT2D eigenvalue weighted by atomic mass is 9.79. The molecule has 3 rings (SSSR count). The molecule has 2 aromatic rings. The molecule has 0 saturated carbocycles. The quantitative estimate of drug-likeness (QED) is 0.552. The Bertz CT molecular complexity index is 821. The molecule has 1 aliphatic heterocycles. The average Bonchev–Trinajstić information content (AvgIpc) is 3.15. The number of aliphatic hydroxyl groups excluding tert-OH is 2. The molecule has 1 fully saturated rings. The number of aromatic amines is 1. The molecule has 4 atom stereocenters. The summed E-state index contributed by atoms with van der Waals surface area (Å²) >= 11 is 0. The molecule has 0 amide bonds. The molecular formula is C17H26N4O5. The van der Waals surface area contributed by atoms with Gasteiger partial charge in [0.1, 0.15) is 17.8 Å². The molecule has 0 spiro atoms. The van der Waals surface area contributed by atoms with Gasteiger partial charge in [0.15, 0.2) is 16.9 Å². The monoisotopic (exact) mass is 366 g/mol. The van der Waals surface area contributed by atoms with Gasteiger partial charge in [-0.2, -0.15) is 0 Å². The summed E-state index contributed by atoms with van der Waals surface area (Å²) in [6, 6.07) is 0. The van der Waals surface area contributed by atoms with E-state index in [1.54, 1.807) is 0 Å². The number of rotatable bonds is 7. The SMILES string of the molecule is CCCC[C@@]1(O)[C@H](O)[C@@H](CO)O[C@@]1(CCC)n1cnc2c(=O)[nH]cnc21. The normalized spacial score (nSPS) is 31.7. The van der Waals surface area contributed by atoms with Crippen molar-refractivity contribution in [2.24, 2.45) is 0 Å². The van der Waals surface area contributed by atoms with Crippen LogP contribution in [0.5, 0.6) is 0 Å². The fraction of sp³-hybridized carbons (Fsp3) is 0.706. The third kappa shape index (κ3) is 2.58. The van der Waals surface area contributed by atoms with Gasteiger partial charge >= 0.3 is 0 Å². The lowest BCUT2D eigenvalue weighted by Gasteiger charge is -2.42. The first-order valence-electron chi connectivity index (χ1n) is 9.05. The highest BCUT2D eigenvalue weighted by Gasteiger charge is 2.65. The molecule has 9 heteroatoms. The van der Waals surface area contributed by atoms with Crippen molar-refractivity contribution >= 4 is 11.2 Å². The van der Waals surface area contributed by atoms with Gasteiger partial charge in [0.2, 0.25) is 0 Å². The highest BCUT2D eigenvalue weighted by Crippen LogP contribution is 2.50. The highest BCUT2D eigenvalue weighted by molar-refractivity contribution is 5.69. The number of aliphatic hydroxyl groups is 3. The van der Waals surface area contributed by atoms with Crippen LogP contribution in [-0.4, -0.2) is 59.3 Å². The highest BCUT2D eigenvalue weighted by atomic mass is 16.6. The lowest BCUT2D eigenvalue weighted by molar-refractivity contribution is -0.202. The van der Waals surface area contributed by atoms with Crippen molar-refractivity contribution in [3.63, 3.8) is 0 Å². The second-order valence-electron chi connectivity index (χ2n) is 6.86. The molecule has 4 N–H and O–H groups in total. The maximum absolute atomic E-state index is 12.0. The lowest BCUT2D eigenvalue weighted by Crippen LogP contribution is -2.57. The molecule has 0 bridgehead atoms. The summed E-state index contributed by atoms with van der Waals surface area (Å²) in [6.07, 6.45) is 3.24. The van der Waals surface area contributed by atoms with Crippen molar-refractivity contribution in [3.8, 4) is 0 Å². The largest absolute Gasteiger partial charge is 0.394 e. The molecule has 9 nitrogen and oxygen atoms in total.